The molecular weight excluding hydrogens is 176 g/mol. The quantitative estimate of drug-likeness (QED) is 0.739. The summed E-state index contributed by atoms with van der Waals surface area (Å²) in [4.78, 5) is 11.9. The first-order valence-corrected chi connectivity index (χ1v) is 5.02. The Kier molecular flexibility index (Phi) is 2.06. The van der Waals surface area contributed by atoms with Crippen LogP contribution in [0.2, 0.25) is 0 Å². The van der Waals surface area contributed by atoms with E-state index in [0.717, 1.165) is 17.5 Å². The summed E-state index contributed by atoms with van der Waals surface area (Å²) >= 11 is 0. The normalized spacial score (nSPS) is 25.1. The molecule has 14 heavy (non-hydrogen) atoms. The minimum absolute atomic E-state index is 0.104. The van der Waals surface area contributed by atoms with Gasteiger partial charge in [-0.2, -0.15) is 0 Å². The number of Topliss-reactive ketones (excluding diaryl/α,β-unsaturated/α-hetero) is 1. The lowest BCUT2D eigenvalue weighted by atomic mass is 9.92. The van der Waals surface area contributed by atoms with Crippen LogP contribution in [0.3, 0.4) is 0 Å². The Morgan fingerprint density at radius 1 is 1.43 bits per heavy atom. The molecule has 1 aliphatic carbocycles. The third-order valence-electron chi connectivity index (χ3n) is 3.17. The highest BCUT2D eigenvalue weighted by atomic mass is 16.3. The highest BCUT2D eigenvalue weighted by Crippen LogP contribution is 2.40. The van der Waals surface area contributed by atoms with Crippen molar-refractivity contribution in [2.45, 2.75) is 26.2 Å². The van der Waals surface area contributed by atoms with E-state index in [4.69, 9.17) is 0 Å². The van der Waals surface area contributed by atoms with E-state index in [2.05, 4.69) is 6.92 Å². The maximum atomic E-state index is 11.9. The first kappa shape index (κ1) is 9.25. The fraction of sp³-hybridized carbons (Fsp3) is 0.417. The number of ketones is 1. The highest BCUT2D eigenvalue weighted by molar-refractivity contribution is 6.03. The summed E-state index contributed by atoms with van der Waals surface area (Å²) in [5.41, 5.74) is 1.80. The molecule has 0 fully saturated rings. The van der Waals surface area contributed by atoms with Crippen molar-refractivity contribution in [3.8, 4) is 5.75 Å². The molecule has 74 valence electrons. The van der Waals surface area contributed by atoms with Gasteiger partial charge < -0.3 is 5.11 Å². The first-order chi connectivity index (χ1) is 6.65. The second kappa shape index (κ2) is 3.12. The van der Waals surface area contributed by atoms with Crippen LogP contribution in [0.1, 0.15) is 42.1 Å². The van der Waals surface area contributed by atoms with Crippen molar-refractivity contribution in [1.82, 2.24) is 0 Å². The molecule has 0 saturated heterocycles. The van der Waals surface area contributed by atoms with Crippen LogP contribution in [0.25, 0.3) is 0 Å². The number of aromatic hydroxyl groups is 1. The fourth-order valence-corrected chi connectivity index (χ4v) is 2.33. The van der Waals surface area contributed by atoms with Gasteiger partial charge >= 0.3 is 0 Å². The Labute approximate surface area is 83.6 Å². The van der Waals surface area contributed by atoms with Crippen LogP contribution >= 0.6 is 0 Å². The maximum absolute atomic E-state index is 11.9. The molecule has 1 aromatic carbocycles. The molecule has 1 N–H and O–H groups in total. The number of benzene rings is 1. The third-order valence-corrected chi connectivity index (χ3v) is 3.17. The molecule has 2 rings (SSSR count). The Balaban J connectivity index is 2.52. The molecule has 1 aromatic rings. The second-order valence-corrected chi connectivity index (χ2v) is 3.94. The van der Waals surface area contributed by atoms with Crippen molar-refractivity contribution >= 4 is 5.78 Å². The zero-order valence-corrected chi connectivity index (χ0v) is 8.45. The van der Waals surface area contributed by atoms with Crippen LogP contribution in [-0.4, -0.2) is 10.9 Å². The van der Waals surface area contributed by atoms with Gasteiger partial charge in [-0.1, -0.05) is 13.8 Å². The molecule has 0 radical (unpaired) electrons. The average molecular weight is 190 g/mol. The summed E-state index contributed by atoms with van der Waals surface area (Å²) in [6.07, 6.45) is 0.870. The molecule has 0 spiro atoms. The number of phenolic OH excluding ortho intramolecular Hbond substituents is 1. The number of phenols is 1. The van der Waals surface area contributed by atoms with E-state index in [-0.39, 0.29) is 23.4 Å². The van der Waals surface area contributed by atoms with E-state index in [0.29, 0.717) is 0 Å². The molecule has 0 bridgehead atoms. The number of carbonyl (C=O) groups excluding carboxylic acids is 1. The Hall–Kier alpha value is -1.31. The van der Waals surface area contributed by atoms with Crippen LogP contribution in [0.4, 0.5) is 0 Å². The molecule has 0 aromatic heterocycles. The minimum Gasteiger partial charge on any atom is -0.508 e. The summed E-state index contributed by atoms with van der Waals surface area (Å²) in [7, 11) is 0. The van der Waals surface area contributed by atoms with Crippen molar-refractivity contribution in [2.24, 2.45) is 5.92 Å². The largest absolute Gasteiger partial charge is 0.508 e. The first-order valence-electron chi connectivity index (χ1n) is 5.02. The number of hydrogen-bond acceptors (Lipinski definition) is 2. The number of rotatable bonds is 1. The molecule has 2 unspecified atom stereocenters. The average Bonchev–Trinajstić information content (AvgIpc) is 2.39. The van der Waals surface area contributed by atoms with Crippen molar-refractivity contribution in [3.63, 3.8) is 0 Å². The maximum Gasteiger partial charge on any atom is 0.166 e. The molecule has 2 nitrogen and oxygen atoms in total. The summed E-state index contributed by atoms with van der Waals surface area (Å²) in [6.45, 7) is 4.09. The molecule has 0 heterocycles. The van der Waals surface area contributed by atoms with Gasteiger partial charge in [0.15, 0.2) is 5.78 Å². The standard InChI is InChI=1S/C12H14O2/c1-3-9-7(2)11-6-8(13)4-5-10(11)12(9)14/h4-7,9,13H,3H2,1-2H3. The molecule has 0 amide bonds. The molecule has 2 atom stereocenters. The third kappa shape index (κ3) is 1.14. The lowest BCUT2D eigenvalue weighted by Crippen LogP contribution is -2.09. The van der Waals surface area contributed by atoms with Gasteiger partial charge in [-0.25, -0.2) is 0 Å². The predicted octanol–water partition coefficient (Wildman–Crippen LogP) is 2.72. The number of carbonyl (C=O) groups is 1. The smallest absolute Gasteiger partial charge is 0.166 e. The summed E-state index contributed by atoms with van der Waals surface area (Å²) < 4.78 is 0. The van der Waals surface area contributed by atoms with Crippen molar-refractivity contribution in [2.75, 3.05) is 0 Å². The van der Waals surface area contributed by atoms with Crippen molar-refractivity contribution in [1.29, 1.82) is 0 Å². The van der Waals surface area contributed by atoms with Gasteiger partial charge in [0.25, 0.3) is 0 Å². The lowest BCUT2D eigenvalue weighted by molar-refractivity contribution is 0.0923. The number of fused-ring (bicyclic) bond motifs is 1. The van der Waals surface area contributed by atoms with Gasteiger partial charge in [-0.05, 0) is 36.1 Å². The zero-order chi connectivity index (χ0) is 10.3. The monoisotopic (exact) mass is 190 g/mol. The van der Waals surface area contributed by atoms with Gasteiger partial charge in [0.2, 0.25) is 0 Å². The van der Waals surface area contributed by atoms with E-state index in [1.165, 1.54) is 0 Å². The fourth-order valence-electron chi connectivity index (χ4n) is 2.33. The molecule has 2 heteroatoms. The van der Waals surface area contributed by atoms with Gasteiger partial charge in [-0.3, -0.25) is 4.79 Å². The Morgan fingerprint density at radius 2 is 2.14 bits per heavy atom. The summed E-state index contributed by atoms with van der Waals surface area (Å²) in [6, 6.07) is 5.04. The molecule has 1 aliphatic rings. The SMILES string of the molecule is CCC1C(=O)c2ccc(O)cc2C1C. The van der Waals surface area contributed by atoms with E-state index < -0.39 is 0 Å². The van der Waals surface area contributed by atoms with E-state index in [9.17, 15) is 9.90 Å². The molecule has 0 aliphatic heterocycles. The van der Waals surface area contributed by atoms with Crippen LogP contribution < -0.4 is 0 Å². The topological polar surface area (TPSA) is 37.3 Å². The Bertz CT molecular complexity index is 382. The van der Waals surface area contributed by atoms with E-state index in [1.54, 1.807) is 18.2 Å². The summed E-state index contributed by atoms with van der Waals surface area (Å²) in [5, 5.41) is 9.35. The summed E-state index contributed by atoms with van der Waals surface area (Å²) in [5.74, 6) is 0.830. The minimum atomic E-state index is 0.104. The molecular formula is C12H14O2. The van der Waals surface area contributed by atoms with Gasteiger partial charge in [-0.15, -0.1) is 0 Å². The van der Waals surface area contributed by atoms with Gasteiger partial charge in [0.05, 0.1) is 0 Å². The van der Waals surface area contributed by atoms with Crippen LogP contribution in [0.15, 0.2) is 18.2 Å². The van der Waals surface area contributed by atoms with Crippen molar-refractivity contribution in [3.05, 3.63) is 29.3 Å². The van der Waals surface area contributed by atoms with Crippen molar-refractivity contribution < 1.29 is 9.90 Å². The highest BCUT2D eigenvalue weighted by Gasteiger charge is 2.35. The Morgan fingerprint density at radius 3 is 2.79 bits per heavy atom. The van der Waals surface area contributed by atoms with E-state index >= 15 is 0 Å². The van der Waals surface area contributed by atoms with Gasteiger partial charge in [0.1, 0.15) is 5.75 Å². The lowest BCUT2D eigenvalue weighted by Gasteiger charge is -2.11. The van der Waals surface area contributed by atoms with E-state index in [1.807, 2.05) is 6.92 Å². The van der Waals surface area contributed by atoms with Crippen LogP contribution in [-0.2, 0) is 0 Å². The van der Waals surface area contributed by atoms with Crippen LogP contribution in [0.5, 0.6) is 5.75 Å². The van der Waals surface area contributed by atoms with Gasteiger partial charge in [0, 0.05) is 11.5 Å². The zero-order valence-electron chi connectivity index (χ0n) is 8.45. The van der Waals surface area contributed by atoms with Crippen LogP contribution in [0, 0.1) is 5.92 Å². The number of hydrogen-bond donors (Lipinski definition) is 1. The second-order valence-electron chi connectivity index (χ2n) is 3.94. The molecule has 0 saturated carbocycles. The predicted molar refractivity (Wildman–Crippen MR) is 54.6 cm³/mol.